The van der Waals surface area contributed by atoms with Crippen LogP contribution in [0.1, 0.15) is 84.0 Å². The molecule has 2 nitrogen and oxygen atoms in total. The van der Waals surface area contributed by atoms with Crippen molar-refractivity contribution in [2.45, 2.75) is 89.2 Å². The summed E-state index contributed by atoms with van der Waals surface area (Å²) in [7, 11) is 0. The van der Waals surface area contributed by atoms with E-state index in [4.69, 9.17) is 0 Å². The number of carbonyl (C=O) groups is 1. The Morgan fingerprint density at radius 3 is 1.79 bits per heavy atom. The van der Waals surface area contributed by atoms with Crippen LogP contribution in [0.25, 0.3) is 0 Å². The molecule has 1 atom stereocenters. The van der Waals surface area contributed by atoms with Crippen LogP contribution < -0.4 is 5.32 Å². The molecule has 0 bridgehead atoms. The van der Waals surface area contributed by atoms with E-state index in [1.165, 1.54) is 69.4 Å². The number of amides is 1. The molecule has 0 aromatic rings. The molecule has 1 fully saturated rings. The largest absolute Gasteiger partial charge is 0.356 e. The molecular weight excluding hydrogens is 297 g/mol. The number of rotatable bonds is 10. The van der Waals surface area contributed by atoms with Crippen molar-refractivity contribution in [2.24, 2.45) is 0 Å². The van der Waals surface area contributed by atoms with Gasteiger partial charge in [0.25, 0.3) is 0 Å². The van der Waals surface area contributed by atoms with Crippen LogP contribution in [-0.2, 0) is 4.79 Å². The van der Waals surface area contributed by atoms with E-state index in [1.807, 2.05) is 16.9 Å². The zero-order valence-electron chi connectivity index (χ0n) is 12.9. The maximum atomic E-state index is 10.1. The van der Waals surface area contributed by atoms with Gasteiger partial charge in [0.05, 0.1) is 0 Å². The SMILES string of the molecule is CCCCCCCCCCCC[AsH2].O=C1CCCN1. The summed E-state index contributed by atoms with van der Waals surface area (Å²) < 4.78 is 0. The average molecular weight is 331 g/mol. The average Bonchev–Trinajstić information content (AvgIpc) is 2.89. The van der Waals surface area contributed by atoms with Gasteiger partial charge in [-0.05, 0) is 6.42 Å². The smallest absolute Gasteiger partial charge is 0.220 e. The van der Waals surface area contributed by atoms with E-state index in [2.05, 4.69) is 12.2 Å². The molecule has 114 valence electrons. The molecule has 0 radical (unpaired) electrons. The van der Waals surface area contributed by atoms with E-state index in [0.717, 1.165) is 19.4 Å². The summed E-state index contributed by atoms with van der Waals surface area (Å²) >= 11 is 1.89. The molecule has 0 aromatic carbocycles. The number of hydrogen-bond acceptors (Lipinski definition) is 1. The zero-order chi connectivity index (χ0) is 14.2. The fourth-order valence-corrected chi connectivity index (χ4v) is 2.80. The van der Waals surface area contributed by atoms with Crippen molar-refractivity contribution in [2.75, 3.05) is 6.54 Å². The van der Waals surface area contributed by atoms with Gasteiger partial charge in [-0.2, -0.15) is 0 Å². The van der Waals surface area contributed by atoms with Crippen LogP contribution in [-0.4, -0.2) is 29.3 Å². The quantitative estimate of drug-likeness (QED) is 0.478. The minimum Gasteiger partial charge on any atom is -0.356 e. The summed E-state index contributed by atoms with van der Waals surface area (Å²) in [4.78, 5) is 10.1. The summed E-state index contributed by atoms with van der Waals surface area (Å²) in [6.45, 7) is 3.17. The van der Waals surface area contributed by atoms with E-state index in [-0.39, 0.29) is 5.91 Å². The first-order valence-electron chi connectivity index (χ1n) is 8.28. The van der Waals surface area contributed by atoms with Gasteiger partial charge in [0.1, 0.15) is 0 Å². The van der Waals surface area contributed by atoms with Crippen LogP contribution in [0.4, 0.5) is 0 Å². The maximum absolute atomic E-state index is 10.1. The fourth-order valence-electron chi connectivity index (χ4n) is 2.20. The standard InChI is InChI=1S/C12H27As.C4H7NO/c1-2-3-4-5-6-7-8-9-10-11-12-13;6-4-2-1-3-5-4/h2-13H2,1H3;1-3H2,(H,5,6). The Morgan fingerprint density at radius 2 is 1.47 bits per heavy atom. The minimum absolute atomic E-state index is 0.204. The normalized spacial score (nSPS) is 13.9. The van der Waals surface area contributed by atoms with Crippen molar-refractivity contribution in [3.63, 3.8) is 0 Å². The van der Waals surface area contributed by atoms with Crippen molar-refractivity contribution in [3.05, 3.63) is 0 Å². The van der Waals surface area contributed by atoms with Crippen molar-refractivity contribution in [1.82, 2.24) is 5.32 Å². The molecule has 1 aliphatic rings. The first-order valence-corrected chi connectivity index (χ1v) is 9.99. The van der Waals surface area contributed by atoms with Gasteiger partial charge in [0.15, 0.2) is 0 Å². The third-order valence-corrected chi connectivity index (χ3v) is 4.32. The Labute approximate surface area is 129 Å². The number of carbonyl (C=O) groups excluding carboxylic acids is 1. The molecule has 1 aliphatic heterocycles. The Hall–Kier alpha value is 0.0284. The molecule has 0 saturated carbocycles. The van der Waals surface area contributed by atoms with Crippen LogP contribution in [0, 0.1) is 0 Å². The third kappa shape index (κ3) is 16.0. The van der Waals surface area contributed by atoms with Gasteiger partial charge >= 0.3 is 93.2 Å². The number of hydrogen-bond donors (Lipinski definition) is 1. The molecular formula is C16H34AsNO. The second-order valence-corrected chi connectivity index (χ2v) is 6.64. The molecule has 0 aliphatic carbocycles. The predicted octanol–water partition coefficient (Wildman–Crippen LogP) is 3.86. The van der Waals surface area contributed by atoms with E-state index < -0.39 is 0 Å². The molecule has 1 amide bonds. The Balaban J connectivity index is 0.000000443. The number of unbranched alkanes of at least 4 members (excludes halogenated alkanes) is 9. The van der Waals surface area contributed by atoms with Crippen LogP contribution in [0.15, 0.2) is 0 Å². The first-order chi connectivity index (χ1) is 9.31. The summed E-state index contributed by atoms with van der Waals surface area (Å²) in [5.41, 5.74) is 0. The zero-order valence-corrected chi connectivity index (χ0v) is 15.3. The van der Waals surface area contributed by atoms with Crippen LogP contribution in [0.2, 0.25) is 5.21 Å². The molecule has 0 aromatic heterocycles. The topological polar surface area (TPSA) is 29.1 Å². The monoisotopic (exact) mass is 331 g/mol. The Morgan fingerprint density at radius 1 is 0.947 bits per heavy atom. The van der Waals surface area contributed by atoms with E-state index in [0.29, 0.717) is 0 Å². The van der Waals surface area contributed by atoms with Crippen LogP contribution in [0.5, 0.6) is 0 Å². The van der Waals surface area contributed by atoms with E-state index in [9.17, 15) is 4.79 Å². The minimum atomic E-state index is 0.204. The Bertz CT molecular complexity index is 179. The van der Waals surface area contributed by atoms with Crippen LogP contribution in [0.3, 0.4) is 0 Å². The third-order valence-electron chi connectivity index (χ3n) is 3.46. The second-order valence-electron chi connectivity index (χ2n) is 5.42. The maximum Gasteiger partial charge on any atom is 0.220 e. The van der Waals surface area contributed by atoms with Crippen LogP contribution >= 0.6 is 0 Å². The second kappa shape index (κ2) is 16.1. The van der Waals surface area contributed by atoms with Gasteiger partial charge in [0.2, 0.25) is 5.91 Å². The van der Waals surface area contributed by atoms with Crippen molar-refractivity contribution < 1.29 is 4.79 Å². The van der Waals surface area contributed by atoms with Crippen molar-refractivity contribution in [3.8, 4) is 0 Å². The molecule has 3 heteroatoms. The predicted molar refractivity (Wildman–Crippen MR) is 87.4 cm³/mol. The molecule has 1 unspecified atom stereocenters. The van der Waals surface area contributed by atoms with Gasteiger partial charge in [0, 0.05) is 13.0 Å². The molecule has 19 heavy (non-hydrogen) atoms. The van der Waals surface area contributed by atoms with Crippen molar-refractivity contribution in [1.29, 1.82) is 0 Å². The molecule has 1 N–H and O–H groups in total. The number of nitrogens with one attached hydrogen (secondary N) is 1. The summed E-state index contributed by atoms with van der Waals surface area (Å²) in [6, 6.07) is 0. The first kappa shape index (κ1) is 19.0. The molecule has 1 saturated heterocycles. The Kier molecular flexibility index (Phi) is 16.1. The van der Waals surface area contributed by atoms with Gasteiger partial charge in [-0.25, -0.2) is 0 Å². The van der Waals surface area contributed by atoms with Gasteiger partial charge in [-0.1, -0.05) is 0 Å². The van der Waals surface area contributed by atoms with Gasteiger partial charge < -0.3 is 5.32 Å². The summed E-state index contributed by atoms with van der Waals surface area (Å²) in [5, 5.41) is 4.11. The molecule has 0 spiro atoms. The summed E-state index contributed by atoms with van der Waals surface area (Å²) in [6.07, 6.45) is 16.4. The molecule has 1 rings (SSSR count). The van der Waals surface area contributed by atoms with E-state index in [1.54, 1.807) is 0 Å². The fraction of sp³-hybridized carbons (Fsp3) is 0.938. The van der Waals surface area contributed by atoms with Gasteiger partial charge in [-0.15, -0.1) is 0 Å². The summed E-state index contributed by atoms with van der Waals surface area (Å²) in [5.74, 6) is 0.204. The van der Waals surface area contributed by atoms with Crippen molar-refractivity contribution >= 4 is 22.8 Å². The van der Waals surface area contributed by atoms with E-state index >= 15 is 0 Å². The van der Waals surface area contributed by atoms with Gasteiger partial charge in [-0.3, -0.25) is 4.79 Å². The molecule has 1 heterocycles.